The molecule has 1 amide bonds. The van der Waals surface area contributed by atoms with Gasteiger partial charge in [0, 0.05) is 26.8 Å². The molecule has 158 valence electrons. The van der Waals surface area contributed by atoms with Crippen LogP contribution >= 0.6 is 0 Å². The number of esters is 1. The summed E-state index contributed by atoms with van der Waals surface area (Å²) in [5, 5.41) is 3.04. The second kappa shape index (κ2) is 13.1. The molecule has 0 aliphatic rings. The van der Waals surface area contributed by atoms with Gasteiger partial charge in [0.15, 0.2) is 0 Å². The largest absolute Gasteiger partial charge is 0.460 e. The fourth-order valence-corrected chi connectivity index (χ4v) is 2.22. The smallest absolute Gasteiger partial charge is 0.410 e. The molecule has 0 saturated heterocycles. The lowest BCUT2D eigenvalue weighted by atomic mass is 10.2. The summed E-state index contributed by atoms with van der Waals surface area (Å²) in [5.41, 5.74) is 0.490. The van der Waals surface area contributed by atoms with E-state index in [0.29, 0.717) is 32.9 Å². The van der Waals surface area contributed by atoms with Crippen molar-refractivity contribution >= 4 is 12.1 Å². The van der Waals surface area contributed by atoms with Gasteiger partial charge < -0.3 is 24.4 Å². The van der Waals surface area contributed by atoms with E-state index in [9.17, 15) is 9.59 Å². The van der Waals surface area contributed by atoms with Crippen LogP contribution in [0.15, 0.2) is 30.3 Å². The molecule has 0 spiro atoms. The molecule has 0 radical (unpaired) electrons. The molecular weight excluding hydrogens is 360 g/mol. The molecule has 0 aliphatic carbocycles. The number of hydrogen-bond acceptors (Lipinski definition) is 6. The van der Waals surface area contributed by atoms with Gasteiger partial charge >= 0.3 is 12.1 Å². The predicted molar refractivity (Wildman–Crippen MR) is 108 cm³/mol. The second-order valence-electron chi connectivity index (χ2n) is 7.54. The van der Waals surface area contributed by atoms with Crippen molar-refractivity contribution in [1.82, 2.24) is 10.2 Å². The zero-order chi connectivity index (χ0) is 20.8. The third-order valence-corrected chi connectivity index (χ3v) is 3.64. The Kier molecular flexibility index (Phi) is 11.2. The topological polar surface area (TPSA) is 77.1 Å². The van der Waals surface area contributed by atoms with Gasteiger partial charge in [0.1, 0.15) is 12.2 Å². The number of rotatable bonds is 12. The van der Waals surface area contributed by atoms with E-state index in [-0.39, 0.29) is 18.6 Å². The van der Waals surface area contributed by atoms with Gasteiger partial charge in [-0.1, -0.05) is 30.3 Å². The molecule has 7 nitrogen and oxygen atoms in total. The molecule has 0 bridgehead atoms. The van der Waals surface area contributed by atoms with E-state index in [2.05, 4.69) is 5.32 Å². The highest BCUT2D eigenvalue weighted by Crippen LogP contribution is 2.09. The number of amides is 1. The highest BCUT2D eigenvalue weighted by molar-refractivity contribution is 5.71. The molecule has 1 N–H and O–H groups in total. The monoisotopic (exact) mass is 394 g/mol. The molecular formula is C21H34N2O5. The molecule has 0 atom stereocenters. The fraction of sp³-hybridized carbons (Fsp3) is 0.619. The van der Waals surface area contributed by atoms with Gasteiger partial charge in [0.05, 0.1) is 6.54 Å². The molecule has 0 unspecified atom stereocenters. The fourth-order valence-electron chi connectivity index (χ4n) is 2.22. The normalized spacial score (nSPS) is 11.1. The van der Waals surface area contributed by atoms with Gasteiger partial charge in [0.2, 0.25) is 0 Å². The summed E-state index contributed by atoms with van der Waals surface area (Å²) in [6.45, 7) is 8.46. The Balaban J connectivity index is 1.93. The Hall–Kier alpha value is -2.12. The standard InChI is InChI=1S/C21H34N2O5/c1-21(2,3)28-20(25)23(4)13-9-15-26-14-8-12-22-16-19(24)27-17-18-10-6-5-7-11-18/h5-7,10-11,22H,8-9,12-17H2,1-4H3. The first-order chi connectivity index (χ1) is 13.3. The van der Waals surface area contributed by atoms with Crippen LogP contribution in [-0.2, 0) is 25.6 Å². The predicted octanol–water partition coefficient (Wildman–Crippen LogP) is 2.98. The van der Waals surface area contributed by atoms with Crippen molar-refractivity contribution in [3.05, 3.63) is 35.9 Å². The minimum Gasteiger partial charge on any atom is -0.460 e. The summed E-state index contributed by atoms with van der Waals surface area (Å²) in [5.74, 6) is -0.269. The maximum absolute atomic E-state index is 11.8. The van der Waals surface area contributed by atoms with Gasteiger partial charge in [-0.05, 0) is 45.7 Å². The summed E-state index contributed by atoms with van der Waals surface area (Å²) < 4.78 is 16.0. The minimum absolute atomic E-state index is 0.188. The van der Waals surface area contributed by atoms with Gasteiger partial charge in [-0.25, -0.2) is 4.79 Å². The average Bonchev–Trinajstić information content (AvgIpc) is 2.64. The first kappa shape index (κ1) is 23.9. The second-order valence-corrected chi connectivity index (χ2v) is 7.54. The Labute approximate surface area is 168 Å². The van der Waals surface area contributed by atoms with Crippen LogP contribution in [0.2, 0.25) is 0 Å². The van der Waals surface area contributed by atoms with Gasteiger partial charge in [-0.2, -0.15) is 0 Å². The van der Waals surface area contributed by atoms with E-state index in [1.165, 1.54) is 0 Å². The van der Waals surface area contributed by atoms with Crippen molar-refractivity contribution in [2.75, 3.05) is 39.9 Å². The zero-order valence-corrected chi connectivity index (χ0v) is 17.5. The molecule has 7 heteroatoms. The number of hydrogen-bond donors (Lipinski definition) is 1. The van der Waals surface area contributed by atoms with E-state index in [1.807, 2.05) is 51.1 Å². The molecule has 0 aliphatic heterocycles. The maximum Gasteiger partial charge on any atom is 0.410 e. The zero-order valence-electron chi connectivity index (χ0n) is 17.5. The Morgan fingerprint density at radius 1 is 1.07 bits per heavy atom. The summed E-state index contributed by atoms with van der Waals surface area (Å²) in [4.78, 5) is 25.0. The lowest BCUT2D eigenvalue weighted by Gasteiger charge is -2.24. The number of ether oxygens (including phenoxy) is 3. The SMILES string of the molecule is CN(CCCOCCCNCC(=O)OCc1ccccc1)C(=O)OC(C)(C)C. The summed E-state index contributed by atoms with van der Waals surface area (Å²) in [6, 6.07) is 9.59. The Morgan fingerprint density at radius 3 is 2.43 bits per heavy atom. The van der Waals surface area contributed by atoms with Crippen LogP contribution in [0.4, 0.5) is 4.79 Å². The summed E-state index contributed by atoms with van der Waals surface area (Å²) in [6.07, 6.45) is 1.22. The molecule has 1 aromatic carbocycles. The summed E-state index contributed by atoms with van der Waals surface area (Å²) in [7, 11) is 1.72. The van der Waals surface area contributed by atoms with Crippen LogP contribution in [0.5, 0.6) is 0 Å². The number of benzene rings is 1. The van der Waals surface area contributed by atoms with E-state index >= 15 is 0 Å². The quantitative estimate of drug-likeness (QED) is 0.434. The van der Waals surface area contributed by atoms with Crippen molar-refractivity contribution in [2.45, 2.75) is 45.8 Å². The van der Waals surface area contributed by atoms with E-state index in [0.717, 1.165) is 18.4 Å². The van der Waals surface area contributed by atoms with Crippen LogP contribution in [0.3, 0.4) is 0 Å². The van der Waals surface area contributed by atoms with E-state index in [1.54, 1.807) is 11.9 Å². The first-order valence-corrected chi connectivity index (χ1v) is 9.70. The number of carbonyl (C=O) groups excluding carboxylic acids is 2. The molecule has 1 aromatic rings. The van der Waals surface area contributed by atoms with Crippen molar-refractivity contribution in [2.24, 2.45) is 0 Å². The molecule has 0 fully saturated rings. The number of nitrogens with one attached hydrogen (secondary N) is 1. The Morgan fingerprint density at radius 2 is 1.75 bits per heavy atom. The minimum atomic E-state index is -0.483. The molecule has 1 rings (SSSR count). The highest BCUT2D eigenvalue weighted by Gasteiger charge is 2.19. The summed E-state index contributed by atoms with van der Waals surface area (Å²) >= 11 is 0. The maximum atomic E-state index is 11.8. The number of carbonyl (C=O) groups is 2. The van der Waals surface area contributed by atoms with Crippen LogP contribution in [0, 0.1) is 0 Å². The number of nitrogens with zero attached hydrogens (tertiary/aromatic N) is 1. The van der Waals surface area contributed by atoms with Crippen LogP contribution < -0.4 is 5.32 Å². The van der Waals surface area contributed by atoms with E-state index < -0.39 is 5.60 Å². The molecule has 0 saturated carbocycles. The Bertz CT molecular complexity index is 572. The third kappa shape index (κ3) is 12.3. The lowest BCUT2D eigenvalue weighted by molar-refractivity contribution is -0.143. The lowest BCUT2D eigenvalue weighted by Crippen LogP contribution is -2.35. The molecule has 0 aromatic heterocycles. The first-order valence-electron chi connectivity index (χ1n) is 9.70. The van der Waals surface area contributed by atoms with E-state index in [4.69, 9.17) is 14.2 Å². The van der Waals surface area contributed by atoms with Crippen LogP contribution in [0.1, 0.15) is 39.2 Å². The van der Waals surface area contributed by atoms with Gasteiger partial charge in [-0.3, -0.25) is 4.79 Å². The van der Waals surface area contributed by atoms with Crippen molar-refractivity contribution in [1.29, 1.82) is 0 Å². The average molecular weight is 395 g/mol. The van der Waals surface area contributed by atoms with Crippen molar-refractivity contribution in [3.63, 3.8) is 0 Å². The van der Waals surface area contributed by atoms with Gasteiger partial charge in [0.25, 0.3) is 0 Å². The van der Waals surface area contributed by atoms with Gasteiger partial charge in [-0.15, -0.1) is 0 Å². The third-order valence-electron chi connectivity index (χ3n) is 3.64. The van der Waals surface area contributed by atoms with Crippen LogP contribution in [-0.4, -0.2) is 62.5 Å². The molecule has 28 heavy (non-hydrogen) atoms. The van der Waals surface area contributed by atoms with Crippen LogP contribution in [0.25, 0.3) is 0 Å². The van der Waals surface area contributed by atoms with Crippen molar-refractivity contribution in [3.8, 4) is 0 Å². The van der Waals surface area contributed by atoms with Crippen molar-refractivity contribution < 1.29 is 23.8 Å². The highest BCUT2D eigenvalue weighted by atomic mass is 16.6. The molecule has 0 heterocycles.